The van der Waals surface area contributed by atoms with Gasteiger partial charge in [-0.2, -0.15) is 0 Å². The Morgan fingerprint density at radius 2 is 2.00 bits per heavy atom. The van der Waals surface area contributed by atoms with E-state index in [2.05, 4.69) is 43.4 Å². The molecule has 17 heavy (non-hydrogen) atoms. The van der Waals surface area contributed by atoms with E-state index in [0.717, 1.165) is 12.8 Å². The molecule has 0 bridgehead atoms. The van der Waals surface area contributed by atoms with E-state index >= 15 is 0 Å². The molecular formula is C14H21NO2. The van der Waals surface area contributed by atoms with Gasteiger partial charge in [-0.1, -0.05) is 37.6 Å². The number of carboxylic acids is 1. The topological polar surface area (TPSA) is 49.3 Å². The van der Waals surface area contributed by atoms with Gasteiger partial charge in [0, 0.05) is 12.6 Å². The van der Waals surface area contributed by atoms with Gasteiger partial charge in [0.15, 0.2) is 0 Å². The van der Waals surface area contributed by atoms with Crippen LogP contribution in [-0.2, 0) is 11.2 Å². The molecule has 94 valence electrons. The van der Waals surface area contributed by atoms with Crippen molar-refractivity contribution in [3.05, 3.63) is 35.4 Å². The molecule has 0 saturated carbocycles. The molecule has 0 heterocycles. The lowest BCUT2D eigenvalue weighted by Crippen LogP contribution is -2.21. The maximum atomic E-state index is 10.4. The van der Waals surface area contributed by atoms with E-state index in [1.54, 1.807) is 0 Å². The van der Waals surface area contributed by atoms with Crippen LogP contribution in [0.3, 0.4) is 0 Å². The van der Waals surface area contributed by atoms with Crippen LogP contribution in [0.4, 0.5) is 0 Å². The fraction of sp³-hybridized carbons (Fsp3) is 0.500. The summed E-state index contributed by atoms with van der Waals surface area (Å²) in [7, 11) is 0. The summed E-state index contributed by atoms with van der Waals surface area (Å²) in [6.45, 7) is 4.73. The lowest BCUT2D eigenvalue weighted by atomic mass is 10.0. The average Bonchev–Trinajstić information content (AvgIpc) is 2.30. The molecule has 0 amide bonds. The summed E-state index contributed by atoms with van der Waals surface area (Å²) in [5, 5.41) is 11.8. The van der Waals surface area contributed by atoms with Crippen molar-refractivity contribution in [3.8, 4) is 0 Å². The minimum Gasteiger partial charge on any atom is -0.481 e. The Morgan fingerprint density at radius 1 is 1.35 bits per heavy atom. The first kappa shape index (κ1) is 13.7. The predicted molar refractivity (Wildman–Crippen MR) is 69.1 cm³/mol. The van der Waals surface area contributed by atoms with Gasteiger partial charge in [0.05, 0.1) is 6.42 Å². The number of benzene rings is 1. The third-order valence-electron chi connectivity index (χ3n) is 2.81. The summed E-state index contributed by atoms with van der Waals surface area (Å²) >= 11 is 0. The van der Waals surface area contributed by atoms with Gasteiger partial charge in [0.25, 0.3) is 0 Å². The fourth-order valence-electron chi connectivity index (χ4n) is 1.78. The van der Waals surface area contributed by atoms with E-state index in [9.17, 15) is 4.79 Å². The van der Waals surface area contributed by atoms with Crippen molar-refractivity contribution >= 4 is 5.97 Å². The summed E-state index contributed by atoms with van der Waals surface area (Å²) in [5.74, 6) is -0.761. The normalized spacial score (nSPS) is 12.4. The van der Waals surface area contributed by atoms with Crippen molar-refractivity contribution in [1.82, 2.24) is 5.32 Å². The molecule has 0 saturated heterocycles. The van der Waals surface area contributed by atoms with Gasteiger partial charge >= 0.3 is 5.97 Å². The van der Waals surface area contributed by atoms with E-state index in [-0.39, 0.29) is 12.5 Å². The maximum Gasteiger partial charge on any atom is 0.304 e. The molecule has 0 aromatic heterocycles. The Hall–Kier alpha value is -1.35. The van der Waals surface area contributed by atoms with Crippen molar-refractivity contribution in [2.45, 2.75) is 39.2 Å². The molecule has 1 aromatic rings. The smallest absolute Gasteiger partial charge is 0.304 e. The average molecular weight is 235 g/mol. The minimum absolute atomic E-state index is 0.165. The van der Waals surface area contributed by atoms with Gasteiger partial charge in [-0.25, -0.2) is 0 Å². The Labute approximate surface area is 103 Å². The molecule has 2 N–H and O–H groups in total. The Morgan fingerprint density at radius 3 is 2.53 bits per heavy atom. The van der Waals surface area contributed by atoms with Gasteiger partial charge in [-0.15, -0.1) is 0 Å². The summed E-state index contributed by atoms with van der Waals surface area (Å²) in [4.78, 5) is 10.4. The third-order valence-corrected chi connectivity index (χ3v) is 2.81. The number of hydrogen-bond acceptors (Lipinski definition) is 2. The van der Waals surface area contributed by atoms with Crippen LogP contribution < -0.4 is 5.32 Å². The lowest BCUT2D eigenvalue weighted by molar-refractivity contribution is -0.136. The van der Waals surface area contributed by atoms with Crippen molar-refractivity contribution in [1.29, 1.82) is 0 Å². The van der Waals surface area contributed by atoms with Crippen LogP contribution >= 0.6 is 0 Å². The summed E-state index contributed by atoms with van der Waals surface area (Å²) < 4.78 is 0. The largest absolute Gasteiger partial charge is 0.481 e. The van der Waals surface area contributed by atoms with E-state index in [0.29, 0.717) is 6.54 Å². The van der Waals surface area contributed by atoms with Crippen molar-refractivity contribution in [2.24, 2.45) is 0 Å². The molecule has 3 nitrogen and oxygen atoms in total. The minimum atomic E-state index is -0.761. The van der Waals surface area contributed by atoms with Gasteiger partial charge < -0.3 is 10.4 Å². The molecule has 0 aliphatic heterocycles. The number of carboxylic acid groups (broad SMARTS) is 1. The van der Waals surface area contributed by atoms with Crippen molar-refractivity contribution < 1.29 is 9.90 Å². The van der Waals surface area contributed by atoms with Crippen LogP contribution in [0.1, 0.15) is 43.9 Å². The zero-order chi connectivity index (χ0) is 12.7. The number of carbonyl (C=O) groups is 1. The van der Waals surface area contributed by atoms with E-state index < -0.39 is 5.97 Å². The molecule has 1 unspecified atom stereocenters. The quantitative estimate of drug-likeness (QED) is 0.764. The van der Waals surface area contributed by atoms with Crippen LogP contribution in [-0.4, -0.2) is 17.6 Å². The lowest BCUT2D eigenvalue weighted by Gasteiger charge is -2.14. The maximum absolute atomic E-state index is 10.4. The highest BCUT2D eigenvalue weighted by molar-refractivity contribution is 5.66. The third kappa shape index (κ3) is 5.00. The highest BCUT2D eigenvalue weighted by Crippen LogP contribution is 2.14. The first-order valence-corrected chi connectivity index (χ1v) is 6.17. The van der Waals surface area contributed by atoms with Gasteiger partial charge in [0.1, 0.15) is 0 Å². The second-order valence-corrected chi connectivity index (χ2v) is 4.31. The standard InChI is InChI=1S/C14H21NO2/c1-3-4-12-5-7-13(8-6-12)11(2)15-10-9-14(16)17/h5-8,11,15H,3-4,9-10H2,1-2H3,(H,16,17). The van der Waals surface area contributed by atoms with Crippen LogP contribution in [0, 0.1) is 0 Å². The number of hydrogen-bond donors (Lipinski definition) is 2. The Balaban J connectivity index is 2.45. The molecule has 0 spiro atoms. The van der Waals surface area contributed by atoms with Crippen LogP contribution in [0.2, 0.25) is 0 Å². The second-order valence-electron chi connectivity index (χ2n) is 4.31. The molecule has 0 fully saturated rings. The molecule has 0 aliphatic rings. The first-order chi connectivity index (χ1) is 8.13. The highest BCUT2D eigenvalue weighted by Gasteiger charge is 2.05. The monoisotopic (exact) mass is 235 g/mol. The fourth-order valence-corrected chi connectivity index (χ4v) is 1.78. The summed E-state index contributed by atoms with van der Waals surface area (Å²) in [6, 6.07) is 8.72. The number of aliphatic carboxylic acids is 1. The van der Waals surface area contributed by atoms with Crippen molar-refractivity contribution in [3.63, 3.8) is 0 Å². The van der Waals surface area contributed by atoms with Crippen LogP contribution in [0.25, 0.3) is 0 Å². The van der Waals surface area contributed by atoms with E-state index in [1.807, 2.05) is 0 Å². The predicted octanol–water partition coefficient (Wildman–Crippen LogP) is 2.76. The van der Waals surface area contributed by atoms with Gasteiger partial charge in [-0.05, 0) is 24.5 Å². The SMILES string of the molecule is CCCc1ccc(C(C)NCCC(=O)O)cc1. The number of rotatable bonds is 7. The van der Waals surface area contributed by atoms with E-state index in [1.165, 1.54) is 11.1 Å². The van der Waals surface area contributed by atoms with Crippen LogP contribution in [0.5, 0.6) is 0 Å². The molecule has 0 aliphatic carbocycles. The van der Waals surface area contributed by atoms with Gasteiger partial charge in [0.2, 0.25) is 0 Å². The molecule has 3 heteroatoms. The Bertz CT molecular complexity index is 346. The second kappa shape index (κ2) is 7.07. The Kier molecular flexibility index (Phi) is 5.70. The zero-order valence-electron chi connectivity index (χ0n) is 10.6. The highest BCUT2D eigenvalue weighted by atomic mass is 16.4. The van der Waals surface area contributed by atoms with Gasteiger partial charge in [-0.3, -0.25) is 4.79 Å². The molecule has 0 radical (unpaired) electrons. The summed E-state index contributed by atoms with van der Waals surface area (Å²) in [6.07, 6.45) is 2.44. The molecule has 1 atom stereocenters. The van der Waals surface area contributed by atoms with E-state index in [4.69, 9.17) is 5.11 Å². The first-order valence-electron chi connectivity index (χ1n) is 6.17. The van der Waals surface area contributed by atoms with Crippen LogP contribution in [0.15, 0.2) is 24.3 Å². The molecular weight excluding hydrogens is 214 g/mol. The zero-order valence-corrected chi connectivity index (χ0v) is 10.6. The molecule has 1 aromatic carbocycles. The molecule has 1 rings (SSSR count). The van der Waals surface area contributed by atoms with Crippen molar-refractivity contribution in [2.75, 3.05) is 6.54 Å². The number of aryl methyl sites for hydroxylation is 1. The number of nitrogens with one attached hydrogen (secondary N) is 1. The summed E-state index contributed by atoms with van der Waals surface area (Å²) in [5.41, 5.74) is 2.56.